The Labute approximate surface area is 135 Å². The minimum Gasteiger partial charge on any atom is -0.489 e. The van der Waals surface area contributed by atoms with Gasteiger partial charge in [0.15, 0.2) is 0 Å². The zero-order valence-electron chi connectivity index (χ0n) is 11.8. The van der Waals surface area contributed by atoms with E-state index >= 15 is 0 Å². The molecule has 0 radical (unpaired) electrons. The fourth-order valence-electron chi connectivity index (χ4n) is 2.53. The first kappa shape index (κ1) is 16.8. The van der Waals surface area contributed by atoms with E-state index in [1.54, 1.807) is 18.2 Å². The highest BCUT2D eigenvalue weighted by molar-refractivity contribution is 6.35. The van der Waals surface area contributed by atoms with Gasteiger partial charge < -0.3 is 20.3 Å². The van der Waals surface area contributed by atoms with Gasteiger partial charge in [-0.3, -0.25) is 0 Å². The van der Waals surface area contributed by atoms with Crippen LogP contribution in [0, 0.1) is 5.92 Å². The normalized spacial score (nSPS) is 23.2. The molecule has 0 saturated heterocycles. The van der Waals surface area contributed by atoms with Gasteiger partial charge in [0, 0.05) is 11.6 Å². The van der Waals surface area contributed by atoms with E-state index in [0.717, 1.165) is 25.8 Å². The molecule has 0 amide bonds. The van der Waals surface area contributed by atoms with Crippen molar-refractivity contribution in [1.82, 2.24) is 5.32 Å². The van der Waals surface area contributed by atoms with Crippen LogP contribution >= 0.6 is 23.2 Å². The van der Waals surface area contributed by atoms with E-state index in [2.05, 4.69) is 5.32 Å². The molecule has 4 nitrogen and oxygen atoms in total. The molecule has 1 aliphatic carbocycles. The molecule has 21 heavy (non-hydrogen) atoms. The van der Waals surface area contributed by atoms with Crippen molar-refractivity contribution in [3.8, 4) is 5.75 Å². The molecular weight excluding hydrogens is 313 g/mol. The highest BCUT2D eigenvalue weighted by Crippen LogP contribution is 2.27. The number of rotatable bonds is 7. The summed E-state index contributed by atoms with van der Waals surface area (Å²) in [5.74, 6) is 1.01. The van der Waals surface area contributed by atoms with Gasteiger partial charge in [0.2, 0.25) is 0 Å². The van der Waals surface area contributed by atoms with Crippen molar-refractivity contribution in [2.24, 2.45) is 5.92 Å². The fraction of sp³-hybridized carbons (Fsp3) is 0.600. The zero-order valence-corrected chi connectivity index (χ0v) is 13.3. The molecule has 3 N–H and O–H groups in total. The molecule has 3 unspecified atom stereocenters. The average molecular weight is 334 g/mol. The van der Waals surface area contributed by atoms with Gasteiger partial charge in [-0.15, -0.1) is 0 Å². The highest BCUT2D eigenvalue weighted by atomic mass is 35.5. The minimum absolute atomic E-state index is 0.155. The molecule has 1 aromatic rings. The van der Waals surface area contributed by atoms with Gasteiger partial charge in [0.1, 0.15) is 18.5 Å². The van der Waals surface area contributed by atoms with Crippen molar-refractivity contribution in [3.63, 3.8) is 0 Å². The summed E-state index contributed by atoms with van der Waals surface area (Å²) < 4.78 is 5.47. The van der Waals surface area contributed by atoms with E-state index in [0.29, 0.717) is 28.3 Å². The maximum atomic E-state index is 9.88. The summed E-state index contributed by atoms with van der Waals surface area (Å²) in [6.45, 7) is 1.44. The smallest absolute Gasteiger partial charge is 0.138 e. The molecule has 1 fully saturated rings. The van der Waals surface area contributed by atoms with Crippen molar-refractivity contribution >= 4 is 23.2 Å². The molecule has 0 bridgehead atoms. The van der Waals surface area contributed by atoms with Crippen LogP contribution in [-0.4, -0.2) is 42.1 Å². The van der Waals surface area contributed by atoms with Gasteiger partial charge in [-0.05, 0) is 49.9 Å². The van der Waals surface area contributed by atoms with Gasteiger partial charge in [0.25, 0.3) is 0 Å². The number of aliphatic hydroxyl groups is 2. The Morgan fingerprint density at radius 1 is 1.33 bits per heavy atom. The standard InChI is InChI=1S/C15H21Cl2NO3/c16-11-2-4-15(14(17)6-11)21-9-13(20)8-18-7-10-1-3-12(19)5-10/h2,4,6,10,12-13,18-20H,1,3,5,7-9H2. The van der Waals surface area contributed by atoms with E-state index in [-0.39, 0.29) is 12.7 Å². The second-order valence-corrected chi connectivity index (χ2v) is 6.37. The second-order valence-electron chi connectivity index (χ2n) is 5.53. The summed E-state index contributed by atoms with van der Waals surface area (Å²) in [6.07, 6.45) is 2.01. The first-order valence-electron chi connectivity index (χ1n) is 7.19. The van der Waals surface area contributed by atoms with E-state index in [1.165, 1.54) is 0 Å². The Hall–Kier alpha value is -0.520. The first-order chi connectivity index (χ1) is 10.0. The van der Waals surface area contributed by atoms with E-state index < -0.39 is 6.10 Å². The third kappa shape index (κ3) is 5.64. The quantitative estimate of drug-likeness (QED) is 0.717. The number of aliphatic hydroxyl groups excluding tert-OH is 2. The summed E-state index contributed by atoms with van der Waals surface area (Å²) in [6, 6.07) is 4.98. The Kier molecular flexibility index (Phi) is 6.58. The molecule has 0 aromatic heterocycles. The lowest BCUT2D eigenvalue weighted by Gasteiger charge is -2.16. The molecule has 0 aliphatic heterocycles. The second kappa shape index (κ2) is 8.20. The monoisotopic (exact) mass is 333 g/mol. The number of hydrogen-bond acceptors (Lipinski definition) is 4. The molecule has 0 spiro atoms. The number of ether oxygens (including phenoxy) is 1. The number of nitrogens with one attached hydrogen (secondary N) is 1. The van der Waals surface area contributed by atoms with Crippen LogP contribution in [0.2, 0.25) is 10.0 Å². The predicted octanol–water partition coefficient (Wildman–Crippen LogP) is 2.48. The van der Waals surface area contributed by atoms with E-state index in [1.807, 2.05) is 0 Å². The van der Waals surface area contributed by atoms with Gasteiger partial charge in [-0.25, -0.2) is 0 Å². The zero-order chi connectivity index (χ0) is 15.2. The van der Waals surface area contributed by atoms with Crippen molar-refractivity contribution in [2.45, 2.75) is 31.5 Å². The molecule has 3 atom stereocenters. The molecule has 1 aromatic carbocycles. The lowest BCUT2D eigenvalue weighted by atomic mass is 10.1. The molecule has 0 heterocycles. The summed E-state index contributed by atoms with van der Waals surface area (Å²) >= 11 is 11.8. The number of benzene rings is 1. The molecule has 6 heteroatoms. The Morgan fingerprint density at radius 2 is 2.14 bits per heavy atom. The van der Waals surface area contributed by atoms with Crippen LogP contribution in [-0.2, 0) is 0 Å². The summed E-state index contributed by atoms with van der Waals surface area (Å²) in [7, 11) is 0. The summed E-state index contributed by atoms with van der Waals surface area (Å²) in [5.41, 5.74) is 0. The Morgan fingerprint density at radius 3 is 2.81 bits per heavy atom. The van der Waals surface area contributed by atoms with E-state index in [9.17, 15) is 10.2 Å². The van der Waals surface area contributed by atoms with Crippen LogP contribution in [0.5, 0.6) is 5.75 Å². The number of hydrogen-bond donors (Lipinski definition) is 3. The summed E-state index contributed by atoms with van der Waals surface area (Å²) in [5, 5.41) is 23.5. The summed E-state index contributed by atoms with van der Waals surface area (Å²) in [4.78, 5) is 0. The lowest BCUT2D eigenvalue weighted by molar-refractivity contribution is 0.105. The average Bonchev–Trinajstić information content (AvgIpc) is 2.83. The number of halogens is 2. The van der Waals surface area contributed by atoms with Crippen molar-refractivity contribution in [3.05, 3.63) is 28.2 Å². The lowest BCUT2D eigenvalue weighted by Crippen LogP contribution is -2.34. The molecule has 2 rings (SSSR count). The van der Waals surface area contributed by atoms with Crippen LogP contribution in [0.1, 0.15) is 19.3 Å². The van der Waals surface area contributed by atoms with Gasteiger partial charge in [0.05, 0.1) is 11.1 Å². The molecule has 1 saturated carbocycles. The molecular formula is C15H21Cl2NO3. The largest absolute Gasteiger partial charge is 0.489 e. The third-order valence-corrected chi connectivity index (χ3v) is 4.18. The highest BCUT2D eigenvalue weighted by Gasteiger charge is 2.22. The fourth-order valence-corrected chi connectivity index (χ4v) is 2.99. The van der Waals surface area contributed by atoms with Gasteiger partial charge in [-0.2, -0.15) is 0 Å². The van der Waals surface area contributed by atoms with Crippen molar-refractivity contribution in [1.29, 1.82) is 0 Å². The van der Waals surface area contributed by atoms with Crippen molar-refractivity contribution < 1.29 is 14.9 Å². The Bertz CT molecular complexity index is 459. The van der Waals surface area contributed by atoms with Gasteiger partial charge in [-0.1, -0.05) is 23.2 Å². The van der Waals surface area contributed by atoms with Crippen LogP contribution in [0.15, 0.2) is 18.2 Å². The SMILES string of the molecule is OC(CNCC1CCC(O)C1)COc1ccc(Cl)cc1Cl. The minimum atomic E-state index is -0.608. The molecule has 1 aliphatic rings. The van der Waals surface area contributed by atoms with Crippen LogP contribution in [0.25, 0.3) is 0 Å². The maximum Gasteiger partial charge on any atom is 0.138 e. The molecule has 118 valence electrons. The van der Waals surface area contributed by atoms with Gasteiger partial charge >= 0.3 is 0 Å². The van der Waals surface area contributed by atoms with Crippen LogP contribution < -0.4 is 10.1 Å². The predicted molar refractivity (Wildman–Crippen MR) is 84.2 cm³/mol. The van der Waals surface area contributed by atoms with Crippen LogP contribution in [0.3, 0.4) is 0 Å². The van der Waals surface area contributed by atoms with Crippen molar-refractivity contribution in [2.75, 3.05) is 19.7 Å². The first-order valence-corrected chi connectivity index (χ1v) is 7.95. The third-order valence-electron chi connectivity index (χ3n) is 3.65. The van der Waals surface area contributed by atoms with Crippen LogP contribution in [0.4, 0.5) is 0 Å². The topological polar surface area (TPSA) is 61.7 Å². The van der Waals surface area contributed by atoms with E-state index in [4.69, 9.17) is 27.9 Å². The Balaban J connectivity index is 1.64. The maximum absolute atomic E-state index is 9.88.